The van der Waals surface area contributed by atoms with Crippen molar-refractivity contribution in [2.75, 3.05) is 11.4 Å². The summed E-state index contributed by atoms with van der Waals surface area (Å²) in [6.07, 6.45) is 0.188. The maximum atomic E-state index is 13.1. The van der Waals surface area contributed by atoms with Crippen LogP contribution in [0.5, 0.6) is 0 Å². The molecule has 5 nitrogen and oxygen atoms in total. The molecule has 0 amide bonds. The average molecular weight is 382 g/mol. The van der Waals surface area contributed by atoms with Crippen molar-refractivity contribution in [1.82, 2.24) is 0 Å². The summed E-state index contributed by atoms with van der Waals surface area (Å²) in [5.41, 5.74) is 2.37. The maximum absolute atomic E-state index is 13.1. The lowest BCUT2D eigenvalue weighted by atomic mass is 10.1. The van der Waals surface area contributed by atoms with E-state index in [2.05, 4.69) is 0 Å². The number of hydrogen-bond acceptors (Lipinski definition) is 3. The van der Waals surface area contributed by atoms with E-state index in [4.69, 9.17) is 16.7 Å². The Labute approximate surface area is 152 Å². The number of carboxylic acids is 1. The molecule has 0 aliphatic heterocycles. The topological polar surface area (TPSA) is 74.7 Å². The van der Waals surface area contributed by atoms with Crippen LogP contribution in [0.2, 0.25) is 5.02 Å². The minimum absolute atomic E-state index is 0.0655. The van der Waals surface area contributed by atoms with Gasteiger partial charge in [-0.15, -0.1) is 0 Å². The average Bonchev–Trinajstić information content (AvgIpc) is 2.55. The van der Waals surface area contributed by atoms with Crippen LogP contribution in [0.3, 0.4) is 0 Å². The van der Waals surface area contributed by atoms with Crippen LogP contribution in [0.25, 0.3) is 0 Å². The van der Waals surface area contributed by atoms with Crippen LogP contribution in [0.1, 0.15) is 23.1 Å². The molecular weight excluding hydrogens is 362 g/mol. The van der Waals surface area contributed by atoms with Crippen molar-refractivity contribution >= 4 is 33.3 Å². The highest BCUT2D eigenvalue weighted by Crippen LogP contribution is 2.30. The van der Waals surface area contributed by atoms with E-state index in [0.717, 1.165) is 0 Å². The fourth-order valence-corrected chi connectivity index (χ4v) is 4.32. The Kier molecular flexibility index (Phi) is 5.75. The van der Waals surface area contributed by atoms with Gasteiger partial charge in [0.1, 0.15) is 0 Å². The molecule has 0 saturated heterocycles. The molecule has 2 aromatic rings. The summed E-state index contributed by atoms with van der Waals surface area (Å²) in [5, 5.41) is 9.41. The molecule has 0 fully saturated rings. The molecule has 0 heterocycles. The van der Waals surface area contributed by atoms with Crippen LogP contribution in [0, 0.1) is 13.8 Å². The van der Waals surface area contributed by atoms with Crippen LogP contribution >= 0.6 is 11.6 Å². The summed E-state index contributed by atoms with van der Waals surface area (Å²) in [7, 11) is -2.33. The molecule has 2 rings (SSSR count). The SMILES string of the molecule is Cc1cc(S(=O)(=O)N(C)c2ccccc2CCC(=O)O)c(C)cc1Cl. The van der Waals surface area contributed by atoms with Crippen molar-refractivity contribution in [2.45, 2.75) is 31.6 Å². The predicted molar refractivity (Wildman–Crippen MR) is 98.9 cm³/mol. The van der Waals surface area contributed by atoms with Gasteiger partial charge in [0, 0.05) is 18.5 Å². The number of carbonyl (C=O) groups is 1. The summed E-state index contributed by atoms with van der Waals surface area (Å²) >= 11 is 6.06. The third-order valence-corrected chi connectivity index (χ3v) is 6.35. The first-order valence-electron chi connectivity index (χ1n) is 7.70. The first-order chi connectivity index (χ1) is 11.6. The second-order valence-electron chi connectivity index (χ2n) is 5.86. The van der Waals surface area contributed by atoms with Crippen LogP contribution in [0.4, 0.5) is 5.69 Å². The molecule has 0 aromatic heterocycles. The molecule has 0 spiro atoms. The molecule has 0 aliphatic rings. The van der Waals surface area contributed by atoms with Crippen molar-refractivity contribution in [3.05, 3.63) is 58.1 Å². The molecule has 7 heteroatoms. The van der Waals surface area contributed by atoms with Crippen molar-refractivity contribution in [1.29, 1.82) is 0 Å². The quantitative estimate of drug-likeness (QED) is 0.825. The first kappa shape index (κ1) is 19.3. The number of rotatable bonds is 6. The van der Waals surface area contributed by atoms with Crippen LogP contribution in [0.15, 0.2) is 41.3 Å². The largest absolute Gasteiger partial charge is 0.481 e. The zero-order valence-corrected chi connectivity index (χ0v) is 15.9. The molecule has 0 bridgehead atoms. The van der Waals surface area contributed by atoms with E-state index >= 15 is 0 Å². The van der Waals surface area contributed by atoms with E-state index in [0.29, 0.717) is 27.4 Å². The third kappa shape index (κ3) is 4.14. The zero-order valence-electron chi connectivity index (χ0n) is 14.3. The fraction of sp³-hybridized carbons (Fsp3) is 0.278. The minimum Gasteiger partial charge on any atom is -0.481 e. The Bertz CT molecular complexity index is 909. The van der Waals surface area contributed by atoms with Gasteiger partial charge in [-0.25, -0.2) is 8.42 Å². The molecule has 1 N–H and O–H groups in total. The number of sulfonamides is 1. The lowest BCUT2D eigenvalue weighted by Crippen LogP contribution is -2.28. The van der Waals surface area contributed by atoms with Gasteiger partial charge in [0.25, 0.3) is 10.0 Å². The van der Waals surface area contributed by atoms with Crippen molar-refractivity contribution < 1.29 is 18.3 Å². The molecule has 2 aromatic carbocycles. The first-order valence-corrected chi connectivity index (χ1v) is 9.51. The second-order valence-corrected chi connectivity index (χ2v) is 8.21. The van der Waals surface area contributed by atoms with Crippen LogP contribution in [-0.4, -0.2) is 26.5 Å². The Morgan fingerprint density at radius 2 is 1.80 bits per heavy atom. The number of aryl methyl sites for hydroxylation is 3. The van der Waals surface area contributed by atoms with Gasteiger partial charge in [-0.1, -0.05) is 29.8 Å². The normalized spacial score (nSPS) is 11.4. The summed E-state index contributed by atoms with van der Waals surface area (Å²) in [4.78, 5) is 11.0. The second kappa shape index (κ2) is 7.45. The molecule has 0 atom stereocenters. The lowest BCUT2D eigenvalue weighted by Gasteiger charge is -2.23. The Balaban J connectivity index is 2.48. The summed E-state index contributed by atoms with van der Waals surface area (Å²) < 4.78 is 27.3. The molecule has 0 aliphatic carbocycles. The molecule has 0 saturated carbocycles. The minimum atomic E-state index is -3.80. The molecule has 25 heavy (non-hydrogen) atoms. The van der Waals surface area contributed by atoms with Gasteiger partial charge < -0.3 is 5.11 Å². The van der Waals surface area contributed by atoms with Gasteiger partial charge in [-0.05, 0) is 55.2 Å². The molecule has 134 valence electrons. The summed E-state index contributed by atoms with van der Waals surface area (Å²) in [6.45, 7) is 3.45. The Morgan fingerprint density at radius 3 is 2.44 bits per heavy atom. The monoisotopic (exact) mass is 381 g/mol. The summed E-state index contributed by atoms with van der Waals surface area (Å²) in [5.74, 6) is -0.926. The van der Waals surface area contributed by atoms with Crippen molar-refractivity contribution in [3.8, 4) is 0 Å². The van der Waals surface area contributed by atoms with E-state index < -0.39 is 16.0 Å². The number of aliphatic carboxylic acids is 1. The van der Waals surface area contributed by atoms with Gasteiger partial charge in [-0.2, -0.15) is 0 Å². The predicted octanol–water partition coefficient (Wildman–Crippen LogP) is 3.80. The zero-order chi connectivity index (χ0) is 18.8. The van der Waals surface area contributed by atoms with Gasteiger partial charge in [0.2, 0.25) is 0 Å². The highest BCUT2D eigenvalue weighted by Gasteiger charge is 2.25. The van der Waals surface area contributed by atoms with Gasteiger partial charge in [0.15, 0.2) is 0 Å². The third-order valence-electron chi connectivity index (χ3n) is 4.03. The number of carboxylic acid groups (broad SMARTS) is 1. The molecule has 0 radical (unpaired) electrons. The van der Waals surface area contributed by atoms with E-state index in [1.165, 1.54) is 11.4 Å². The number of anilines is 1. The highest BCUT2D eigenvalue weighted by atomic mass is 35.5. The number of benzene rings is 2. The fourth-order valence-electron chi connectivity index (χ4n) is 2.58. The number of hydrogen-bond donors (Lipinski definition) is 1. The number of nitrogens with zero attached hydrogens (tertiary/aromatic N) is 1. The van der Waals surface area contributed by atoms with Crippen molar-refractivity contribution in [2.24, 2.45) is 0 Å². The standard InChI is InChI=1S/C18H20ClNO4S/c1-12-11-17(13(2)10-15(12)19)25(23,24)20(3)16-7-5-4-6-14(16)8-9-18(21)22/h4-7,10-11H,8-9H2,1-3H3,(H,21,22). The number of para-hydroxylation sites is 1. The summed E-state index contributed by atoms with van der Waals surface area (Å²) in [6, 6.07) is 10.1. The molecule has 0 unspecified atom stereocenters. The Hall–Kier alpha value is -2.05. The van der Waals surface area contributed by atoms with Crippen molar-refractivity contribution in [3.63, 3.8) is 0 Å². The van der Waals surface area contributed by atoms with Crippen LogP contribution < -0.4 is 4.31 Å². The van der Waals surface area contributed by atoms with E-state index in [-0.39, 0.29) is 17.7 Å². The highest BCUT2D eigenvalue weighted by molar-refractivity contribution is 7.92. The Morgan fingerprint density at radius 1 is 1.16 bits per heavy atom. The molecular formula is C18H20ClNO4S. The smallest absolute Gasteiger partial charge is 0.303 e. The number of halogens is 1. The van der Waals surface area contributed by atoms with Gasteiger partial charge in [-0.3, -0.25) is 9.10 Å². The lowest BCUT2D eigenvalue weighted by molar-refractivity contribution is -0.136. The maximum Gasteiger partial charge on any atom is 0.303 e. The van der Waals surface area contributed by atoms with Crippen LogP contribution in [-0.2, 0) is 21.2 Å². The van der Waals surface area contributed by atoms with Gasteiger partial charge >= 0.3 is 5.97 Å². The van der Waals surface area contributed by atoms with E-state index in [1.807, 2.05) is 0 Å². The van der Waals surface area contributed by atoms with Gasteiger partial charge in [0.05, 0.1) is 10.6 Å². The van der Waals surface area contributed by atoms with E-state index in [9.17, 15) is 13.2 Å². The van der Waals surface area contributed by atoms with E-state index in [1.54, 1.807) is 50.2 Å².